The number of carbonyl (C=O) groups is 1. The summed E-state index contributed by atoms with van der Waals surface area (Å²) in [7, 11) is 0. The molecule has 0 radical (unpaired) electrons. The normalized spacial score (nSPS) is 34.9. The summed E-state index contributed by atoms with van der Waals surface area (Å²) in [5.74, 6) is 3.39. The highest BCUT2D eigenvalue weighted by Gasteiger charge is 2.39. The topological polar surface area (TPSA) is 17.1 Å². The smallest absolute Gasteiger partial charge is 0.133 e. The Labute approximate surface area is 88.3 Å². The zero-order valence-electron chi connectivity index (χ0n) is 10.2. The standard InChI is InChI=1S/C13H24O/c1-8(2)10(4)12-7-6-9(3)13(12)11(5)14/h8-10,12-13H,6-7H2,1-5H3/t9-,10?,12+,13-/m0/s1. The average Bonchev–Trinajstić information content (AvgIpc) is 2.45. The molecule has 0 aliphatic heterocycles. The first-order chi connectivity index (χ1) is 6.45. The van der Waals surface area contributed by atoms with E-state index in [-0.39, 0.29) is 0 Å². The van der Waals surface area contributed by atoms with Gasteiger partial charge in [-0.3, -0.25) is 4.79 Å². The van der Waals surface area contributed by atoms with Crippen LogP contribution in [0.4, 0.5) is 0 Å². The van der Waals surface area contributed by atoms with Crippen molar-refractivity contribution in [1.82, 2.24) is 0 Å². The van der Waals surface area contributed by atoms with E-state index in [0.29, 0.717) is 35.4 Å². The Hall–Kier alpha value is -0.330. The van der Waals surface area contributed by atoms with E-state index in [2.05, 4.69) is 27.7 Å². The minimum Gasteiger partial charge on any atom is -0.300 e. The molecule has 1 aliphatic carbocycles. The van der Waals surface area contributed by atoms with Gasteiger partial charge in [0, 0.05) is 5.92 Å². The Kier molecular flexibility index (Phi) is 3.74. The van der Waals surface area contributed by atoms with Gasteiger partial charge < -0.3 is 0 Å². The molecule has 0 heterocycles. The Bertz CT molecular complexity index is 207. The van der Waals surface area contributed by atoms with Gasteiger partial charge in [-0.05, 0) is 43.4 Å². The minimum absolute atomic E-state index is 0.340. The van der Waals surface area contributed by atoms with Crippen LogP contribution in [0.5, 0.6) is 0 Å². The molecular weight excluding hydrogens is 172 g/mol. The summed E-state index contributed by atoms with van der Waals surface area (Å²) in [6.45, 7) is 10.9. The van der Waals surface area contributed by atoms with Crippen LogP contribution in [0.2, 0.25) is 0 Å². The zero-order valence-corrected chi connectivity index (χ0v) is 10.2. The molecule has 1 unspecified atom stereocenters. The lowest BCUT2D eigenvalue weighted by Gasteiger charge is -2.28. The van der Waals surface area contributed by atoms with Crippen molar-refractivity contribution in [2.75, 3.05) is 0 Å². The largest absolute Gasteiger partial charge is 0.300 e. The maximum absolute atomic E-state index is 11.6. The molecule has 1 saturated carbocycles. The van der Waals surface area contributed by atoms with Gasteiger partial charge in [0.2, 0.25) is 0 Å². The van der Waals surface area contributed by atoms with Gasteiger partial charge in [0.15, 0.2) is 0 Å². The van der Waals surface area contributed by atoms with Gasteiger partial charge in [-0.15, -0.1) is 0 Å². The summed E-state index contributed by atoms with van der Waals surface area (Å²) in [6.07, 6.45) is 2.50. The average molecular weight is 196 g/mol. The second-order valence-electron chi connectivity index (χ2n) is 5.46. The van der Waals surface area contributed by atoms with E-state index in [4.69, 9.17) is 0 Å². The molecule has 1 aliphatic rings. The molecule has 0 saturated heterocycles. The van der Waals surface area contributed by atoms with E-state index < -0.39 is 0 Å². The molecule has 4 atom stereocenters. The van der Waals surface area contributed by atoms with Gasteiger partial charge in [-0.1, -0.05) is 27.7 Å². The lowest BCUT2D eigenvalue weighted by Crippen LogP contribution is -2.28. The van der Waals surface area contributed by atoms with Crippen molar-refractivity contribution in [3.63, 3.8) is 0 Å². The highest BCUT2D eigenvalue weighted by Crippen LogP contribution is 2.43. The number of hydrogen-bond acceptors (Lipinski definition) is 1. The summed E-state index contributed by atoms with van der Waals surface area (Å²) in [6, 6.07) is 0. The minimum atomic E-state index is 0.340. The van der Waals surface area contributed by atoms with Crippen LogP contribution >= 0.6 is 0 Å². The molecule has 1 fully saturated rings. The third kappa shape index (κ3) is 2.18. The Morgan fingerprint density at radius 1 is 1.21 bits per heavy atom. The Morgan fingerprint density at radius 2 is 1.79 bits per heavy atom. The number of carbonyl (C=O) groups excluding carboxylic acids is 1. The second-order valence-corrected chi connectivity index (χ2v) is 5.46. The third-order valence-corrected chi connectivity index (χ3v) is 4.23. The summed E-state index contributed by atoms with van der Waals surface area (Å²) in [5.41, 5.74) is 0. The molecule has 0 aromatic heterocycles. The molecule has 1 nitrogen and oxygen atoms in total. The van der Waals surface area contributed by atoms with Crippen LogP contribution in [-0.4, -0.2) is 5.78 Å². The van der Waals surface area contributed by atoms with Crippen molar-refractivity contribution in [3.05, 3.63) is 0 Å². The highest BCUT2D eigenvalue weighted by atomic mass is 16.1. The first kappa shape index (κ1) is 11.7. The van der Waals surface area contributed by atoms with Crippen LogP contribution in [0.25, 0.3) is 0 Å². The summed E-state index contributed by atoms with van der Waals surface area (Å²) in [4.78, 5) is 11.6. The van der Waals surface area contributed by atoms with Gasteiger partial charge in [0.25, 0.3) is 0 Å². The lowest BCUT2D eigenvalue weighted by molar-refractivity contribution is -0.123. The molecule has 1 rings (SSSR count). The van der Waals surface area contributed by atoms with Crippen LogP contribution in [-0.2, 0) is 4.79 Å². The van der Waals surface area contributed by atoms with E-state index in [0.717, 1.165) is 0 Å². The fourth-order valence-electron chi connectivity index (χ4n) is 3.02. The monoisotopic (exact) mass is 196 g/mol. The van der Waals surface area contributed by atoms with Crippen LogP contribution in [0.3, 0.4) is 0 Å². The first-order valence-electron chi connectivity index (χ1n) is 5.95. The van der Waals surface area contributed by atoms with Crippen molar-refractivity contribution >= 4 is 5.78 Å². The van der Waals surface area contributed by atoms with Crippen LogP contribution in [0, 0.1) is 29.6 Å². The molecule has 0 aromatic rings. The predicted molar refractivity (Wildman–Crippen MR) is 60.1 cm³/mol. The zero-order chi connectivity index (χ0) is 10.9. The van der Waals surface area contributed by atoms with E-state index in [1.165, 1.54) is 12.8 Å². The van der Waals surface area contributed by atoms with Crippen molar-refractivity contribution in [2.24, 2.45) is 29.6 Å². The van der Waals surface area contributed by atoms with Gasteiger partial charge in [-0.2, -0.15) is 0 Å². The molecule has 0 amide bonds. The van der Waals surface area contributed by atoms with E-state index in [1.54, 1.807) is 6.92 Å². The van der Waals surface area contributed by atoms with Gasteiger partial charge in [-0.25, -0.2) is 0 Å². The SMILES string of the molecule is CC(=O)[C@H]1[C@@H](C(C)C(C)C)CC[C@@H]1C. The Balaban J connectivity index is 2.74. The van der Waals surface area contributed by atoms with E-state index in [1.807, 2.05) is 0 Å². The second kappa shape index (κ2) is 4.46. The number of hydrogen-bond donors (Lipinski definition) is 0. The fourth-order valence-corrected chi connectivity index (χ4v) is 3.02. The summed E-state index contributed by atoms with van der Waals surface area (Å²) >= 11 is 0. The van der Waals surface area contributed by atoms with Gasteiger partial charge >= 0.3 is 0 Å². The molecule has 0 spiro atoms. The number of ketones is 1. The van der Waals surface area contributed by atoms with Crippen molar-refractivity contribution in [1.29, 1.82) is 0 Å². The van der Waals surface area contributed by atoms with E-state index >= 15 is 0 Å². The van der Waals surface area contributed by atoms with Crippen molar-refractivity contribution < 1.29 is 4.79 Å². The fraction of sp³-hybridized carbons (Fsp3) is 0.923. The summed E-state index contributed by atoms with van der Waals surface area (Å²) < 4.78 is 0. The first-order valence-corrected chi connectivity index (χ1v) is 5.95. The molecule has 82 valence electrons. The highest BCUT2D eigenvalue weighted by molar-refractivity contribution is 5.79. The van der Waals surface area contributed by atoms with E-state index in [9.17, 15) is 4.79 Å². The lowest BCUT2D eigenvalue weighted by atomic mass is 9.76. The Morgan fingerprint density at radius 3 is 2.21 bits per heavy atom. The molecule has 0 aromatic carbocycles. The molecule has 1 heteroatoms. The van der Waals surface area contributed by atoms with Crippen LogP contribution in [0.15, 0.2) is 0 Å². The third-order valence-electron chi connectivity index (χ3n) is 4.23. The molecule has 0 N–H and O–H groups in total. The molecule has 0 bridgehead atoms. The molecular formula is C13H24O. The van der Waals surface area contributed by atoms with Gasteiger partial charge in [0.1, 0.15) is 5.78 Å². The predicted octanol–water partition coefficient (Wildman–Crippen LogP) is 3.53. The molecule has 14 heavy (non-hydrogen) atoms. The van der Waals surface area contributed by atoms with Crippen molar-refractivity contribution in [2.45, 2.75) is 47.5 Å². The van der Waals surface area contributed by atoms with Crippen LogP contribution < -0.4 is 0 Å². The number of rotatable bonds is 3. The maximum Gasteiger partial charge on any atom is 0.133 e. The van der Waals surface area contributed by atoms with Crippen molar-refractivity contribution in [3.8, 4) is 0 Å². The maximum atomic E-state index is 11.6. The quantitative estimate of drug-likeness (QED) is 0.675. The summed E-state index contributed by atoms with van der Waals surface area (Å²) in [5, 5.41) is 0. The van der Waals surface area contributed by atoms with Crippen LogP contribution in [0.1, 0.15) is 47.5 Å². The van der Waals surface area contributed by atoms with Gasteiger partial charge in [0.05, 0.1) is 0 Å². The number of Topliss-reactive ketones (excluding diaryl/α,β-unsaturated/α-hetero) is 1.